The maximum atomic E-state index is 12.8. The Kier molecular flexibility index (Phi) is 80.4. The number of nitrogens with two attached hydrogens (primary N) is 1. The molecule has 0 radical (unpaired) electrons. The molecule has 2 atom stereocenters. The summed E-state index contributed by atoms with van der Waals surface area (Å²) in [5.74, 6) is -0.877. The predicted molar refractivity (Wildman–Crippen MR) is 440 cm³/mol. The zero-order valence-corrected chi connectivity index (χ0v) is 66.0. The van der Waals surface area contributed by atoms with E-state index in [2.05, 4.69) is 184 Å². The summed E-state index contributed by atoms with van der Waals surface area (Å²) in [6.45, 7) is 3.59. The average Bonchev–Trinajstić information content (AvgIpc) is 1.01. The molecule has 0 fully saturated rings. The zero-order valence-electron chi connectivity index (χ0n) is 65.1. The lowest BCUT2D eigenvalue weighted by atomic mass is 10.0. The summed E-state index contributed by atoms with van der Waals surface area (Å²) in [5, 5.41) is 0. The minimum absolute atomic E-state index is 0.0393. The van der Waals surface area contributed by atoms with Gasteiger partial charge in [0.15, 0.2) is 6.10 Å². The molecule has 3 N–H and O–H groups in total. The summed E-state index contributed by atoms with van der Waals surface area (Å²) >= 11 is 0. The molecule has 0 aromatic heterocycles. The van der Waals surface area contributed by atoms with Gasteiger partial charge in [-0.3, -0.25) is 18.6 Å². The summed E-state index contributed by atoms with van der Waals surface area (Å²) < 4.78 is 33.2. The third-order valence-corrected chi connectivity index (χ3v) is 18.6. The molecule has 9 nitrogen and oxygen atoms in total. The summed E-state index contributed by atoms with van der Waals surface area (Å²) in [6.07, 6.45) is 125. The number of hydrogen-bond acceptors (Lipinski definition) is 8. The van der Waals surface area contributed by atoms with Crippen molar-refractivity contribution in [1.29, 1.82) is 0 Å². The molecule has 0 rings (SSSR count). The van der Waals surface area contributed by atoms with Crippen molar-refractivity contribution in [2.24, 2.45) is 5.73 Å². The molecule has 0 heterocycles. The first-order valence-corrected chi connectivity index (χ1v) is 43.1. The van der Waals surface area contributed by atoms with Gasteiger partial charge in [0.2, 0.25) is 0 Å². The van der Waals surface area contributed by atoms with Crippen LogP contribution in [0.3, 0.4) is 0 Å². The van der Waals surface area contributed by atoms with Crippen molar-refractivity contribution < 1.29 is 37.6 Å². The van der Waals surface area contributed by atoms with Crippen LogP contribution in [0.5, 0.6) is 0 Å². The Morgan fingerprint density at radius 1 is 0.307 bits per heavy atom. The average molecular weight is 1420 g/mol. The monoisotopic (exact) mass is 1420 g/mol. The molecule has 0 aromatic carbocycles. The van der Waals surface area contributed by atoms with E-state index in [1.807, 2.05) is 0 Å². The Balaban J connectivity index is 3.90. The Labute approximate surface area is 622 Å². The second kappa shape index (κ2) is 84.3. The maximum Gasteiger partial charge on any atom is 0.472 e. The van der Waals surface area contributed by atoms with Gasteiger partial charge >= 0.3 is 19.8 Å². The van der Waals surface area contributed by atoms with E-state index in [-0.39, 0.29) is 32.6 Å². The van der Waals surface area contributed by atoms with Crippen LogP contribution in [0.2, 0.25) is 0 Å². The Morgan fingerprint density at radius 3 is 0.832 bits per heavy atom. The number of carbonyl (C=O) groups is 2. The van der Waals surface area contributed by atoms with E-state index in [9.17, 15) is 19.0 Å². The van der Waals surface area contributed by atoms with Gasteiger partial charge in [0, 0.05) is 19.4 Å². The molecule has 0 aliphatic rings. The molecule has 0 spiro atoms. The highest BCUT2D eigenvalue weighted by Gasteiger charge is 2.26. The van der Waals surface area contributed by atoms with Gasteiger partial charge in [0.05, 0.1) is 13.2 Å². The topological polar surface area (TPSA) is 134 Å². The van der Waals surface area contributed by atoms with Crippen molar-refractivity contribution in [3.8, 4) is 0 Å². The highest BCUT2D eigenvalue weighted by atomic mass is 31.2. The number of ether oxygens (including phenoxy) is 2. The fourth-order valence-electron chi connectivity index (χ4n) is 11.5. The van der Waals surface area contributed by atoms with Gasteiger partial charge < -0.3 is 20.1 Å². The predicted octanol–water partition coefficient (Wildman–Crippen LogP) is 28.4. The molecule has 101 heavy (non-hydrogen) atoms. The van der Waals surface area contributed by atoms with Gasteiger partial charge in [0.25, 0.3) is 0 Å². The first-order valence-electron chi connectivity index (χ1n) is 41.6. The van der Waals surface area contributed by atoms with Crippen LogP contribution >= 0.6 is 7.82 Å². The van der Waals surface area contributed by atoms with E-state index in [1.54, 1.807) is 0 Å². The van der Waals surface area contributed by atoms with Crippen LogP contribution in [0.15, 0.2) is 170 Å². The van der Waals surface area contributed by atoms with Crippen molar-refractivity contribution in [2.45, 2.75) is 367 Å². The molecule has 0 saturated carbocycles. The van der Waals surface area contributed by atoms with Crippen molar-refractivity contribution in [3.05, 3.63) is 170 Å². The second-order valence-electron chi connectivity index (χ2n) is 27.3. The van der Waals surface area contributed by atoms with Crippen molar-refractivity contribution in [2.75, 3.05) is 26.4 Å². The van der Waals surface area contributed by atoms with Crippen LogP contribution < -0.4 is 5.73 Å². The number of phosphoric acid groups is 1. The first-order chi connectivity index (χ1) is 49.8. The fourth-order valence-corrected chi connectivity index (χ4v) is 12.2. The zero-order chi connectivity index (χ0) is 72.9. The smallest absolute Gasteiger partial charge is 0.462 e. The molecule has 576 valence electrons. The Bertz CT molecular complexity index is 2280. The molecular formula is C91H154NO8P. The molecule has 10 heteroatoms. The first kappa shape index (κ1) is 96.4. The number of hydrogen-bond donors (Lipinski definition) is 2. The number of phosphoric ester groups is 1. The van der Waals surface area contributed by atoms with Crippen LogP contribution in [0, 0.1) is 0 Å². The van der Waals surface area contributed by atoms with E-state index in [0.29, 0.717) is 6.42 Å². The molecule has 0 saturated heterocycles. The lowest BCUT2D eigenvalue weighted by Crippen LogP contribution is -2.29. The summed E-state index contributed by atoms with van der Waals surface area (Å²) in [6, 6.07) is 0. The number of unbranched alkanes of at least 4 members (excludes halogenated alkanes) is 36. The lowest BCUT2D eigenvalue weighted by Gasteiger charge is -2.19. The van der Waals surface area contributed by atoms with E-state index in [4.69, 9.17) is 24.3 Å². The van der Waals surface area contributed by atoms with E-state index < -0.39 is 32.5 Å². The molecule has 0 aliphatic heterocycles. The van der Waals surface area contributed by atoms with Gasteiger partial charge in [-0.1, -0.05) is 383 Å². The van der Waals surface area contributed by atoms with E-state index in [0.717, 1.165) is 116 Å². The van der Waals surface area contributed by atoms with Gasteiger partial charge in [-0.15, -0.1) is 0 Å². The minimum atomic E-state index is -4.42. The van der Waals surface area contributed by atoms with Crippen LogP contribution in [0.4, 0.5) is 0 Å². The molecule has 2 unspecified atom stereocenters. The summed E-state index contributed by atoms with van der Waals surface area (Å²) in [5.41, 5.74) is 5.41. The fraction of sp³-hybridized carbons (Fsp3) is 0.670. The van der Waals surface area contributed by atoms with Crippen LogP contribution in [0.25, 0.3) is 0 Å². The number of rotatable bonds is 77. The molecular weight excluding hydrogens is 1270 g/mol. The number of esters is 2. The Morgan fingerprint density at radius 2 is 0.545 bits per heavy atom. The van der Waals surface area contributed by atoms with Crippen LogP contribution in [-0.4, -0.2) is 49.3 Å². The minimum Gasteiger partial charge on any atom is -0.462 e. The Hall–Kier alpha value is -4.63. The molecule has 0 aromatic rings. The third-order valence-electron chi connectivity index (χ3n) is 17.6. The normalized spacial score (nSPS) is 13.7. The van der Waals surface area contributed by atoms with E-state index in [1.165, 1.54) is 212 Å². The molecule has 0 amide bonds. The van der Waals surface area contributed by atoms with Crippen molar-refractivity contribution >= 4 is 19.8 Å². The number of carbonyl (C=O) groups excluding carboxylic acids is 2. The highest BCUT2D eigenvalue weighted by molar-refractivity contribution is 7.47. The highest BCUT2D eigenvalue weighted by Crippen LogP contribution is 2.43. The van der Waals surface area contributed by atoms with Crippen molar-refractivity contribution in [3.63, 3.8) is 0 Å². The van der Waals surface area contributed by atoms with Gasteiger partial charge in [-0.05, 0) is 135 Å². The quantitative estimate of drug-likeness (QED) is 0.0264. The van der Waals surface area contributed by atoms with Crippen molar-refractivity contribution in [1.82, 2.24) is 0 Å². The van der Waals surface area contributed by atoms with Gasteiger partial charge in [-0.25, -0.2) is 4.57 Å². The SMILES string of the molecule is CC/C=C\C/C=C\C/C=C\C/C=C\C/C=C\C/C=C\C/C=C\C/C=C\C/C=C\C/C=C\C/C=C\C/C=C\CCCCC(=O)OC(COC(=O)CCCCCCCCCCCCCCCCCCCCCCCCCCCCCCC/C=C\C/C=C\CCCCCCC)COP(=O)(O)OCCN. The summed E-state index contributed by atoms with van der Waals surface area (Å²) in [7, 11) is -4.42. The lowest BCUT2D eigenvalue weighted by molar-refractivity contribution is -0.161. The molecule has 0 bridgehead atoms. The molecule has 0 aliphatic carbocycles. The van der Waals surface area contributed by atoms with Gasteiger partial charge in [0.1, 0.15) is 6.61 Å². The standard InChI is InChI=1S/C91H154NO8P/c1-3-5-7-9-11-13-15-17-19-21-23-25-27-29-31-33-35-37-39-41-43-44-46-47-49-51-53-55-57-59-61-63-65-67-69-71-73-75-77-79-81-83-90(93)97-87-89(88-99-101(95,96)98-86-85-92)100-91(94)84-82-80-78-76-74-72-70-68-66-64-62-60-58-56-54-52-50-48-45-42-40-38-36-34-32-30-28-26-24-22-20-18-16-14-12-10-8-6-4-2/h6,8,12,14-15,17-18,20-21,23-24,26,30,32,36,38,42,45,50,52,56,58,62,64,68,70,74,76,89H,3-5,7,9-11,13,16,19,22,25,27-29,31,33-35,37,39-41,43-44,46-49,51,53-55,57,59-61,63,65-67,69,71-73,75,77-88,92H2,1-2H3,(H,95,96)/b8-6-,14-12-,17-15-,20-18-,23-21-,26-24-,32-30-,38-36-,45-42-,52-50-,58-56-,64-62-,70-68-,76-74-. The number of allylic oxidation sites excluding steroid dienone is 28. The largest absolute Gasteiger partial charge is 0.472 e. The maximum absolute atomic E-state index is 12.8. The van der Waals surface area contributed by atoms with E-state index >= 15 is 0 Å². The van der Waals surface area contributed by atoms with Crippen LogP contribution in [0.1, 0.15) is 361 Å². The van der Waals surface area contributed by atoms with Gasteiger partial charge in [-0.2, -0.15) is 0 Å². The summed E-state index contributed by atoms with van der Waals surface area (Å²) in [4.78, 5) is 35.5. The van der Waals surface area contributed by atoms with Crippen LogP contribution in [-0.2, 0) is 32.7 Å². The third kappa shape index (κ3) is 84.2. The second-order valence-corrected chi connectivity index (χ2v) is 28.7.